The Balaban J connectivity index is -0.00000882. The molecule has 0 amide bonds. The van der Waals surface area contributed by atoms with Crippen LogP contribution in [0.25, 0.3) is 0 Å². The van der Waals surface area contributed by atoms with Crippen molar-refractivity contribution in [2.24, 2.45) is 0 Å². The van der Waals surface area contributed by atoms with Gasteiger partial charge in [0, 0.05) is 25.5 Å². The van der Waals surface area contributed by atoms with Crippen LogP contribution in [0.5, 0.6) is 0 Å². The van der Waals surface area contributed by atoms with Gasteiger partial charge in [-0.15, -0.1) is 0 Å². The summed E-state index contributed by atoms with van der Waals surface area (Å²) >= 11 is 1.39. The summed E-state index contributed by atoms with van der Waals surface area (Å²) in [5, 5.41) is 0.177. The Morgan fingerprint density at radius 2 is 1.02 bits per heavy atom. The second kappa shape index (κ2) is 36.4. The van der Waals surface area contributed by atoms with E-state index in [1.807, 2.05) is 0 Å². The fourth-order valence-corrected chi connectivity index (χ4v) is 5.71. The molecule has 45 heavy (non-hydrogen) atoms. The smallest absolute Gasteiger partial charge is 0.790 e. The topological polar surface area (TPSA) is 142 Å². The van der Waals surface area contributed by atoms with Crippen LogP contribution in [0.3, 0.4) is 0 Å². The first-order chi connectivity index (χ1) is 20.6. The summed E-state index contributed by atoms with van der Waals surface area (Å²) in [5.74, 6) is -0.0877. The van der Waals surface area contributed by atoms with Crippen LogP contribution < -0.4 is 68.9 Å². The maximum atomic E-state index is 12.3. The minimum absolute atomic E-state index is 0. The van der Waals surface area contributed by atoms with Crippen molar-refractivity contribution < 1.29 is 102 Å². The Bertz CT molecular complexity index is 756. The fraction of sp³-hybridized carbons (Fsp3) is 0.906. The number of carbonyl (C=O) groups is 3. The molecule has 9 nitrogen and oxygen atoms in total. The van der Waals surface area contributed by atoms with Crippen molar-refractivity contribution in [2.75, 3.05) is 19.0 Å². The SMILES string of the molecule is CCCCCCCCCCCCCCC(=O)O[C@@H](COC(=O)CCCCCCCCCCCSC(C)=O)COP(=O)([O-])[O-].[Na+].[Na+]. The number of carbonyl (C=O) groups excluding carboxylic acids is 3. The molecular weight excluding hydrogens is 637 g/mol. The van der Waals surface area contributed by atoms with Crippen molar-refractivity contribution in [2.45, 2.75) is 168 Å². The average molecular weight is 697 g/mol. The van der Waals surface area contributed by atoms with Crippen molar-refractivity contribution in [1.82, 2.24) is 0 Å². The Labute approximate surface area is 322 Å². The van der Waals surface area contributed by atoms with Gasteiger partial charge in [-0.2, -0.15) is 0 Å². The molecule has 0 heterocycles. The maximum absolute atomic E-state index is 12.3. The zero-order valence-electron chi connectivity index (χ0n) is 29.0. The Kier molecular flexibility index (Phi) is 40.8. The Morgan fingerprint density at radius 3 is 1.44 bits per heavy atom. The van der Waals surface area contributed by atoms with Gasteiger partial charge in [0.05, 0.1) is 14.4 Å². The van der Waals surface area contributed by atoms with Crippen LogP contribution in [-0.4, -0.2) is 42.1 Å². The Morgan fingerprint density at radius 1 is 0.622 bits per heavy atom. The van der Waals surface area contributed by atoms with Gasteiger partial charge < -0.3 is 28.3 Å². The van der Waals surface area contributed by atoms with Gasteiger partial charge in [-0.1, -0.05) is 134 Å². The monoisotopic (exact) mass is 696 g/mol. The summed E-state index contributed by atoms with van der Waals surface area (Å²) in [4.78, 5) is 57.1. The molecule has 0 spiro atoms. The van der Waals surface area contributed by atoms with Crippen LogP contribution >= 0.6 is 19.6 Å². The first-order valence-electron chi connectivity index (χ1n) is 16.8. The van der Waals surface area contributed by atoms with E-state index in [9.17, 15) is 28.7 Å². The summed E-state index contributed by atoms with van der Waals surface area (Å²) < 4.78 is 25.6. The molecule has 0 saturated carbocycles. The van der Waals surface area contributed by atoms with Gasteiger partial charge in [-0.3, -0.25) is 14.4 Å². The standard InChI is InChI=1S/C32H61O9PS.2Na/c1-3-4-5-6-7-8-9-10-12-16-19-22-25-32(35)41-30(28-40-42(36,37)38)27-39-31(34)24-21-18-15-13-11-14-17-20-23-26-43-29(2)33;;/h30H,3-28H2,1-2H3,(H2,36,37,38);;/q;2*+1/p-2/t30-;;/m0../s1. The van der Waals surface area contributed by atoms with Crippen LogP contribution in [0.1, 0.15) is 162 Å². The zero-order valence-corrected chi connectivity index (χ0v) is 34.7. The number of ether oxygens (including phenoxy) is 2. The summed E-state index contributed by atoms with van der Waals surface area (Å²) in [7, 11) is -5.25. The van der Waals surface area contributed by atoms with Crippen LogP contribution in [0, 0.1) is 0 Å². The molecule has 0 N–H and O–H groups in total. The van der Waals surface area contributed by atoms with E-state index >= 15 is 0 Å². The summed E-state index contributed by atoms with van der Waals surface area (Å²) in [6.07, 6.45) is 22.8. The van der Waals surface area contributed by atoms with E-state index in [-0.39, 0.29) is 83.7 Å². The van der Waals surface area contributed by atoms with E-state index in [1.54, 1.807) is 6.92 Å². The summed E-state index contributed by atoms with van der Waals surface area (Å²) in [6.45, 7) is 2.80. The van der Waals surface area contributed by atoms with Crippen molar-refractivity contribution in [3.8, 4) is 0 Å². The van der Waals surface area contributed by atoms with Gasteiger partial charge in [0.1, 0.15) is 6.61 Å². The molecule has 0 rings (SSSR count). The van der Waals surface area contributed by atoms with E-state index in [1.165, 1.54) is 76.0 Å². The van der Waals surface area contributed by atoms with Gasteiger partial charge in [0.25, 0.3) is 0 Å². The number of phosphoric ester groups is 1. The molecule has 0 fully saturated rings. The average Bonchev–Trinajstić information content (AvgIpc) is 2.95. The molecule has 254 valence electrons. The first-order valence-corrected chi connectivity index (χ1v) is 19.2. The predicted molar refractivity (Wildman–Crippen MR) is 169 cm³/mol. The van der Waals surface area contributed by atoms with Crippen LogP contribution in [-0.2, 0) is 32.9 Å². The molecular formula is C32H59Na2O9PS. The quantitative estimate of drug-likeness (QED) is 0.0454. The van der Waals surface area contributed by atoms with Crippen molar-refractivity contribution >= 4 is 36.6 Å². The van der Waals surface area contributed by atoms with Crippen LogP contribution in [0.2, 0.25) is 0 Å². The molecule has 13 heteroatoms. The fourth-order valence-electron chi connectivity index (χ4n) is 4.73. The second-order valence-corrected chi connectivity index (χ2v) is 13.9. The van der Waals surface area contributed by atoms with Crippen molar-refractivity contribution in [3.05, 3.63) is 0 Å². The Hall–Kier alpha value is 1.07. The third-order valence-corrected chi connectivity index (χ3v) is 8.58. The van der Waals surface area contributed by atoms with E-state index < -0.39 is 32.5 Å². The van der Waals surface area contributed by atoms with E-state index in [4.69, 9.17) is 9.47 Å². The molecule has 0 aliphatic rings. The molecule has 0 aromatic heterocycles. The molecule has 0 saturated heterocycles. The minimum Gasteiger partial charge on any atom is -0.790 e. The normalized spacial score (nSPS) is 11.7. The van der Waals surface area contributed by atoms with Crippen LogP contribution in [0.4, 0.5) is 0 Å². The number of hydrogen-bond acceptors (Lipinski definition) is 10. The molecule has 0 aromatic carbocycles. The second-order valence-electron chi connectivity index (χ2n) is 11.4. The summed E-state index contributed by atoms with van der Waals surface area (Å²) in [6, 6.07) is 0. The number of rotatable bonds is 31. The maximum Gasteiger partial charge on any atom is 1.00 e. The molecule has 0 aliphatic carbocycles. The van der Waals surface area contributed by atoms with Crippen molar-refractivity contribution in [1.29, 1.82) is 0 Å². The molecule has 0 radical (unpaired) electrons. The number of esters is 2. The third-order valence-electron chi connectivity index (χ3n) is 7.21. The molecule has 0 unspecified atom stereocenters. The van der Waals surface area contributed by atoms with Gasteiger partial charge in [-0.05, 0) is 19.3 Å². The molecule has 0 bridgehead atoms. The molecule has 0 aromatic rings. The minimum atomic E-state index is -5.25. The molecule has 0 aliphatic heterocycles. The largest absolute Gasteiger partial charge is 1.00 e. The van der Waals surface area contributed by atoms with Gasteiger partial charge in [-0.25, -0.2) is 0 Å². The van der Waals surface area contributed by atoms with Gasteiger partial charge in [0.2, 0.25) is 0 Å². The predicted octanol–water partition coefficient (Wildman–Crippen LogP) is 1.57. The number of phosphoric acid groups is 1. The van der Waals surface area contributed by atoms with Gasteiger partial charge in [0.15, 0.2) is 11.2 Å². The number of unbranched alkanes of at least 4 members (excludes halogenated alkanes) is 19. The summed E-state index contributed by atoms with van der Waals surface area (Å²) in [5.41, 5.74) is 0. The van der Waals surface area contributed by atoms with E-state index in [0.29, 0.717) is 12.8 Å². The van der Waals surface area contributed by atoms with E-state index in [2.05, 4.69) is 11.4 Å². The van der Waals surface area contributed by atoms with E-state index in [0.717, 1.165) is 63.5 Å². The van der Waals surface area contributed by atoms with Gasteiger partial charge >= 0.3 is 71.1 Å². The number of hydrogen-bond donors (Lipinski definition) is 0. The third kappa shape index (κ3) is 41.2. The van der Waals surface area contributed by atoms with Crippen molar-refractivity contribution in [3.63, 3.8) is 0 Å². The first kappa shape index (κ1) is 50.4. The number of thioether (sulfide) groups is 1. The zero-order chi connectivity index (χ0) is 32.0. The van der Waals surface area contributed by atoms with Crippen LogP contribution in [0.15, 0.2) is 0 Å². The molecule has 1 atom stereocenters.